The molecule has 26 heavy (non-hydrogen) atoms. The van der Waals surface area contributed by atoms with Crippen LogP contribution < -0.4 is 14.8 Å². The Balaban J connectivity index is 1.42. The lowest BCUT2D eigenvalue weighted by atomic mass is 9.63. The molecule has 0 bridgehead atoms. The molecular weight excluding hydrogens is 348 g/mol. The van der Waals surface area contributed by atoms with Crippen molar-refractivity contribution in [1.82, 2.24) is 4.90 Å². The second-order valence-corrected chi connectivity index (χ2v) is 7.48. The highest BCUT2D eigenvalue weighted by Gasteiger charge is 2.53. The maximum absolute atomic E-state index is 5.95. The van der Waals surface area contributed by atoms with Crippen LogP contribution in [0.2, 0.25) is 5.02 Å². The number of hydrogen-bond donors (Lipinski definition) is 1. The Hall–Kier alpha value is -1.91. The van der Waals surface area contributed by atoms with E-state index < -0.39 is 0 Å². The number of nitrogens with one attached hydrogen (secondary N) is 1. The molecule has 4 rings (SSSR count). The third-order valence-corrected chi connectivity index (χ3v) is 6.02. The number of anilines is 1. The fourth-order valence-corrected chi connectivity index (χ4v) is 4.44. The summed E-state index contributed by atoms with van der Waals surface area (Å²) in [4.78, 5) is 2.62. The van der Waals surface area contributed by atoms with Crippen molar-refractivity contribution in [3.8, 4) is 11.5 Å². The number of methoxy groups -OCH3 is 2. The zero-order valence-corrected chi connectivity index (χ0v) is 16.0. The van der Waals surface area contributed by atoms with Gasteiger partial charge in [-0.25, -0.2) is 0 Å². The Morgan fingerprint density at radius 1 is 1.04 bits per heavy atom. The van der Waals surface area contributed by atoms with E-state index in [1.54, 1.807) is 14.2 Å². The predicted octanol–water partition coefficient (Wildman–Crippen LogP) is 4.60. The standard InChI is InChI=1S/C21H25ClN2O2/c1-25-19-10-3-14(13-20(19)26-2)21-17-8-9-18(17)24(21)12-11-23-16-6-4-15(22)5-7-16/h3-7,10,13,17-18,21,23H,8-9,11-12H2,1-2H3. The fraction of sp³-hybridized carbons (Fsp3) is 0.429. The number of halogens is 1. The maximum atomic E-state index is 5.95. The van der Waals surface area contributed by atoms with Gasteiger partial charge in [0.2, 0.25) is 0 Å². The van der Waals surface area contributed by atoms with Gasteiger partial charge in [-0.15, -0.1) is 0 Å². The summed E-state index contributed by atoms with van der Waals surface area (Å²) in [7, 11) is 3.37. The number of hydrogen-bond acceptors (Lipinski definition) is 4. The van der Waals surface area contributed by atoms with E-state index in [-0.39, 0.29) is 0 Å². The predicted molar refractivity (Wildman–Crippen MR) is 105 cm³/mol. The van der Waals surface area contributed by atoms with Gasteiger partial charge in [-0.2, -0.15) is 0 Å². The number of nitrogens with zero attached hydrogens (tertiary/aromatic N) is 1. The molecule has 2 aromatic rings. The minimum Gasteiger partial charge on any atom is -0.493 e. The van der Waals surface area contributed by atoms with Crippen LogP contribution in [0.15, 0.2) is 42.5 Å². The SMILES string of the molecule is COc1ccc(C2C3CCC3N2CCNc2ccc(Cl)cc2)cc1OC. The molecule has 1 saturated heterocycles. The summed E-state index contributed by atoms with van der Waals surface area (Å²) in [6.07, 6.45) is 2.64. The van der Waals surface area contributed by atoms with Crippen molar-refractivity contribution >= 4 is 17.3 Å². The smallest absolute Gasteiger partial charge is 0.161 e. The minimum absolute atomic E-state index is 0.487. The van der Waals surface area contributed by atoms with Crippen LogP contribution in [0.25, 0.3) is 0 Å². The normalized spacial score (nSPS) is 24.2. The van der Waals surface area contributed by atoms with Crippen LogP contribution in [0.1, 0.15) is 24.4 Å². The second-order valence-electron chi connectivity index (χ2n) is 7.04. The summed E-state index contributed by atoms with van der Waals surface area (Å²) < 4.78 is 10.9. The largest absolute Gasteiger partial charge is 0.493 e. The summed E-state index contributed by atoms with van der Waals surface area (Å²) in [5, 5.41) is 4.27. The van der Waals surface area contributed by atoms with E-state index in [1.165, 1.54) is 18.4 Å². The highest BCUT2D eigenvalue weighted by Crippen LogP contribution is 2.55. The summed E-state index contributed by atoms with van der Waals surface area (Å²) in [5.41, 5.74) is 2.44. The molecular formula is C21H25ClN2O2. The molecule has 2 aliphatic rings. The quantitative estimate of drug-likeness (QED) is 0.769. The van der Waals surface area contributed by atoms with Gasteiger partial charge in [0.1, 0.15) is 0 Å². The van der Waals surface area contributed by atoms with E-state index in [4.69, 9.17) is 21.1 Å². The third kappa shape index (κ3) is 3.12. The first-order valence-corrected chi connectivity index (χ1v) is 9.56. The number of likely N-dealkylation sites (tertiary alicyclic amines) is 1. The molecule has 1 aliphatic carbocycles. The lowest BCUT2D eigenvalue weighted by Gasteiger charge is -2.62. The molecule has 1 N–H and O–H groups in total. The van der Waals surface area contributed by atoms with Crippen molar-refractivity contribution in [2.24, 2.45) is 5.92 Å². The Kier molecular flexibility index (Phi) is 4.96. The van der Waals surface area contributed by atoms with Gasteiger partial charge in [0.25, 0.3) is 0 Å². The molecule has 5 heteroatoms. The van der Waals surface area contributed by atoms with E-state index >= 15 is 0 Å². The van der Waals surface area contributed by atoms with Crippen LogP contribution in [0.4, 0.5) is 5.69 Å². The molecule has 0 radical (unpaired) electrons. The zero-order chi connectivity index (χ0) is 18.1. The van der Waals surface area contributed by atoms with Gasteiger partial charge in [0, 0.05) is 35.9 Å². The van der Waals surface area contributed by atoms with E-state index in [1.807, 2.05) is 30.3 Å². The van der Waals surface area contributed by atoms with Crippen molar-refractivity contribution < 1.29 is 9.47 Å². The topological polar surface area (TPSA) is 33.7 Å². The lowest BCUT2D eigenvalue weighted by molar-refractivity contribution is -0.121. The highest BCUT2D eigenvalue weighted by molar-refractivity contribution is 6.30. The lowest BCUT2D eigenvalue weighted by Crippen LogP contribution is -2.64. The summed E-state index contributed by atoms with van der Waals surface area (Å²) >= 11 is 5.95. The van der Waals surface area contributed by atoms with Crippen LogP contribution in [-0.4, -0.2) is 38.3 Å². The van der Waals surface area contributed by atoms with E-state index in [0.29, 0.717) is 6.04 Å². The molecule has 2 fully saturated rings. The Morgan fingerprint density at radius 2 is 1.81 bits per heavy atom. The van der Waals surface area contributed by atoms with Gasteiger partial charge < -0.3 is 14.8 Å². The minimum atomic E-state index is 0.487. The molecule has 3 atom stereocenters. The van der Waals surface area contributed by atoms with Crippen molar-refractivity contribution in [1.29, 1.82) is 0 Å². The fourth-order valence-electron chi connectivity index (χ4n) is 4.32. The average Bonchev–Trinajstić information content (AvgIpc) is 2.65. The molecule has 3 unspecified atom stereocenters. The molecule has 138 valence electrons. The molecule has 1 heterocycles. The molecule has 1 saturated carbocycles. The van der Waals surface area contributed by atoms with Crippen LogP contribution in [0, 0.1) is 5.92 Å². The Bertz CT molecular complexity index is 765. The number of rotatable bonds is 7. The first-order valence-electron chi connectivity index (χ1n) is 9.18. The molecule has 0 spiro atoms. The summed E-state index contributed by atoms with van der Waals surface area (Å²) in [5.74, 6) is 2.38. The van der Waals surface area contributed by atoms with Crippen molar-refractivity contribution in [3.05, 3.63) is 53.1 Å². The summed E-state index contributed by atoms with van der Waals surface area (Å²) in [6.45, 7) is 1.96. The number of fused-ring (bicyclic) bond motifs is 1. The van der Waals surface area contributed by atoms with Crippen LogP contribution in [-0.2, 0) is 0 Å². The van der Waals surface area contributed by atoms with Crippen LogP contribution in [0.3, 0.4) is 0 Å². The number of ether oxygens (including phenoxy) is 2. The molecule has 1 aliphatic heterocycles. The second kappa shape index (κ2) is 7.37. The van der Waals surface area contributed by atoms with Gasteiger partial charge in [0.15, 0.2) is 11.5 Å². The molecule has 2 aromatic carbocycles. The highest BCUT2D eigenvalue weighted by atomic mass is 35.5. The molecule has 0 aromatic heterocycles. The molecule has 4 nitrogen and oxygen atoms in total. The first-order chi connectivity index (χ1) is 12.7. The van der Waals surface area contributed by atoms with Gasteiger partial charge in [-0.05, 0) is 60.7 Å². The Morgan fingerprint density at radius 3 is 2.46 bits per heavy atom. The van der Waals surface area contributed by atoms with Crippen LogP contribution in [0.5, 0.6) is 11.5 Å². The van der Waals surface area contributed by atoms with E-state index in [0.717, 1.165) is 47.3 Å². The monoisotopic (exact) mass is 372 g/mol. The Labute approximate surface area is 160 Å². The van der Waals surface area contributed by atoms with Gasteiger partial charge in [0.05, 0.1) is 14.2 Å². The van der Waals surface area contributed by atoms with Crippen molar-refractivity contribution in [2.75, 3.05) is 32.6 Å². The van der Waals surface area contributed by atoms with E-state index in [9.17, 15) is 0 Å². The average molecular weight is 373 g/mol. The molecule has 0 amide bonds. The van der Waals surface area contributed by atoms with Crippen molar-refractivity contribution in [3.63, 3.8) is 0 Å². The van der Waals surface area contributed by atoms with Gasteiger partial charge in [-0.3, -0.25) is 4.90 Å². The number of piperidine rings is 1. The number of benzene rings is 2. The van der Waals surface area contributed by atoms with Crippen molar-refractivity contribution in [2.45, 2.75) is 24.9 Å². The van der Waals surface area contributed by atoms with Crippen LogP contribution >= 0.6 is 11.6 Å². The zero-order valence-electron chi connectivity index (χ0n) is 15.2. The summed E-state index contributed by atoms with van der Waals surface area (Å²) in [6, 6.07) is 15.4. The van der Waals surface area contributed by atoms with Gasteiger partial charge >= 0.3 is 0 Å². The van der Waals surface area contributed by atoms with E-state index in [2.05, 4.69) is 22.3 Å². The van der Waals surface area contributed by atoms with Gasteiger partial charge in [-0.1, -0.05) is 17.7 Å². The third-order valence-electron chi connectivity index (χ3n) is 5.77. The maximum Gasteiger partial charge on any atom is 0.161 e. The first kappa shape index (κ1) is 17.5.